The summed E-state index contributed by atoms with van der Waals surface area (Å²) in [6, 6.07) is 20.4. The molecule has 0 saturated heterocycles. The molecule has 0 spiro atoms. The first-order chi connectivity index (χ1) is 13.2. The van der Waals surface area contributed by atoms with E-state index in [1.165, 1.54) is 12.1 Å². The lowest BCUT2D eigenvalue weighted by Gasteiger charge is -2.17. The molecule has 0 aromatic heterocycles. The average Bonchev–Trinajstić information content (AvgIpc) is 2.70. The number of carbonyl (C=O) groups is 1. The first-order valence-corrected chi connectivity index (χ1v) is 9.33. The van der Waals surface area contributed by atoms with Gasteiger partial charge in [0.05, 0.1) is 0 Å². The summed E-state index contributed by atoms with van der Waals surface area (Å²) in [6.07, 6.45) is 1.67. The van der Waals surface area contributed by atoms with E-state index in [1.807, 2.05) is 49.4 Å². The molecular weight excluding hydrogens is 341 g/mol. The molecule has 1 N–H and O–H groups in total. The Morgan fingerprint density at radius 3 is 2.52 bits per heavy atom. The third kappa shape index (κ3) is 5.30. The maximum Gasteiger partial charge on any atom is 0.261 e. The van der Waals surface area contributed by atoms with E-state index in [4.69, 9.17) is 4.74 Å². The highest BCUT2D eigenvalue weighted by Crippen LogP contribution is 2.22. The van der Waals surface area contributed by atoms with Crippen molar-refractivity contribution in [3.05, 3.63) is 78.1 Å². The predicted octanol–water partition coefficient (Wildman–Crippen LogP) is 4.89. The normalized spacial score (nSPS) is 11.9. The number of nitrogens with one attached hydrogen (secondary N) is 1. The number of rotatable bonds is 8. The molecule has 0 heterocycles. The largest absolute Gasteiger partial charge is 0.481 e. The second-order valence-electron chi connectivity index (χ2n) is 6.54. The summed E-state index contributed by atoms with van der Waals surface area (Å²) in [5, 5.41) is 5.16. The lowest BCUT2D eigenvalue weighted by atomic mass is 10.1. The van der Waals surface area contributed by atoms with Gasteiger partial charge in [0.1, 0.15) is 11.6 Å². The monoisotopic (exact) mass is 365 g/mol. The fourth-order valence-corrected chi connectivity index (χ4v) is 3.00. The molecule has 3 rings (SSSR count). The Hall–Kier alpha value is -2.88. The highest BCUT2D eigenvalue weighted by molar-refractivity contribution is 5.84. The number of ether oxygens (including phenoxy) is 1. The second-order valence-corrected chi connectivity index (χ2v) is 6.54. The molecule has 0 unspecified atom stereocenters. The van der Waals surface area contributed by atoms with E-state index in [-0.39, 0.29) is 11.7 Å². The van der Waals surface area contributed by atoms with Gasteiger partial charge in [0.25, 0.3) is 5.91 Å². The van der Waals surface area contributed by atoms with Crippen molar-refractivity contribution in [1.29, 1.82) is 0 Å². The molecule has 0 saturated carbocycles. The van der Waals surface area contributed by atoms with Crippen LogP contribution in [0.15, 0.2) is 66.7 Å². The van der Waals surface area contributed by atoms with Crippen LogP contribution in [-0.2, 0) is 11.2 Å². The average molecular weight is 365 g/mol. The minimum absolute atomic E-state index is 0.107. The van der Waals surface area contributed by atoms with Crippen molar-refractivity contribution in [2.24, 2.45) is 0 Å². The number of hydrogen-bond acceptors (Lipinski definition) is 2. The molecule has 1 amide bonds. The van der Waals surface area contributed by atoms with Crippen molar-refractivity contribution in [2.45, 2.75) is 32.3 Å². The molecule has 0 aliphatic carbocycles. The Balaban J connectivity index is 1.50. The molecule has 0 aliphatic rings. The summed E-state index contributed by atoms with van der Waals surface area (Å²) in [4.78, 5) is 12.4. The summed E-state index contributed by atoms with van der Waals surface area (Å²) in [5.74, 6) is 0.357. The van der Waals surface area contributed by atoms with Gasteiger partial charge in [-0.15, -0.1) is 0 Å². The van der Waals surface area contributed by atoms with Gasteiger partial charge in [-0.25, -0.2) is 4.39 Å². The quantitative estimate of drug-likeness (QED) is 0.578. The van der Waals surface area contributed by atoms with Gasteiger partial charge in [0, 0.05) is 6.54 Å². The number of hydrogen-bond donors (Lipinski definition) is 1. The molecule has 3 aromatic carbocycles. The number of carbonyl (C=O) groups excluding carboxylic acids is 1. The summed E-state index contributed by atoms with van der Waals surface area (Å²) < 4.78 is 18.8. The smallest absolute Gasteiger partial charge is 0.261 e. The van der Waals surface area contributed by atoms with Gasteiger partial charge < -0.3 is 10.1 Å². The van der Waals surface area contributed by atoms with Gasteiger partial charge in [-0.1, -0.05) is 49.4 Å². The lowest BCUT2D eigenvalue weighted by Crippen LogP contribution is -2.38. The van der Waals surface area contributed by atoms with Crippen LogP contribution < -0.4 is 10.1 Å². The molecular formula is C23H24FNO2. The van der Waals surface area contributed by atoms with Crippen LogP contribution in [0.25, 0.3) is 10.8 Å². The van der Waals surface area contributed by atoms with Gasteiger partial charge in [-0.05, 0) is 59.9 Å². The van der Waals surface area contributed by atoms with Crippen LogP contribution in [0, 0.1) is 5.82 Å². The fourth-order valence-electron chi connectivity index (χ4n) is 3.00. The van der Waals surface area contributed by atoms with Crippen molar-refractivity contribution in [3.8, 4) is 5.75 Å². The Bertz CT molecular complexity index is 892. The summed E-state index contributed by atoms with van der Waals surface area (Å²) >= 11 is 0. The molecule has 0 fully saturated rings. The Labute approximate surface area is 159 Å². The molecule has 3 aromatic rings. The van der Waals surface area contributed by atoms with E-state index in [9.17, 15) is 9.18 Å². The van der Waals surface area contributed by atoms with Crippen molar-refractivity contribution in [3.63, 3.8) is 0 Å². The molecule has 3 nitrogen and oxygen atoms in total. The third-order valence-electron chi connectivity index (χ3n) is 4.52. The van der Waals surface area contributed by atoms with Crippen LogP contribution >= 0.6 is 0 Å². The van der Waals surface area contributed by atoms with Gasteiger partial charge in [-0.2, -0.15) is 0 Å². The van der Waals surface area contributed by atoms with Gasteiger partial charge >= 0.3 is 0 Å². The van der Waals surface area contributed by atoms with Crippen LogP contribution in [0.1, 0.15) is 25.3 Å². The number of amides is 1. The molecule has 1 atom stereocenters. The van der Waals surface area contributed by atoms with Gasteiger partial charge in [0.2, 0.25) is 0 Å². The fraction of sp³-hybridized carbons (Fsp3) is 0.261. The van der Waals surface area contributed by atoms with Crippen LogP contribution in [0.5, 0.6) is 5.75 Å². The van der Waals surface area contributed by atoms with Crippen LogP contribution in [-0.4, -0.2) is 18.6 Å². The number of halogens is 1. The van der Waals surface area contributed by atoms with E-state index in [1.54, 1.807) is 12.1 Å². The second kappa shape index (κ2) is 9.17. The number of aryl methyl sites for hydroxylation is 1. The number of benzene rings is 3. The van der Waals surface area contributed by atoms with Crippen LogP contribution in [0.3, 0.4) is 0 Å². The Morgan fingerprint density at radius 1 is 1.04 bits per heavy atom. The maximum atomic E-state index is 12.9. The zero-order chi connectivity index (χ0) is 19.1. The summed E-state index contributed by atoms with van der Waals surface area (Å²) in [6.45, 7) is 2.50. The third-order valence-corrected chi connectivity index (χ3v) is 4.52. The van der Waals surface area contributed by atoms with E-state index in [0.29, 0.717) is 18.7 Å². The molecule has 140 valence electrons. The zero-order valence-electron chi connectivity index (χ0n) is 15.5. The highest BCUT2D eigenvalue weighted by atomic mass is 19.1. The van der Waals surface area contributed by atoms with E-state index in [2.05, 4.69) is 5.32 Å². The molecule has 0 aliphatic heterocycles. The maximum absolute atomic E-state index is 12.9. The van der Waals surface area contributed by atoms with E-state index in [0.717, 1.165) is 29.2 Å². The van der Waals surface area contributed by atoms with Crippen molar-refractivity contribution < 1.29 is 13.9 Å². The molecule has 0 radical (unpaired) electrons. The predicted molar refractivity (Wildman–Crippen MR) is 106 cm³/mol. The zero-order valence-corrected chi connectivity index (χ0v) is 15.5. The summed E-state index contributed by atoms with van der Waals surface area (Å²) in [5.41, 5.74) is 1.06. The number of fused-ring (bicyclic) bond motifs is 1. The molecule has 27 heavy (non-hydrogen) atoms. The SMILES string of the molecule is CC[C@@H](Oc1ccc2ccccc2c1)C(=O)NCCCc1ccc(F)cc1. The van der Waals surface area contributed by atoms with Crippen molar-refractivity contribution >= 4 is 16.7 Å². The minimum Gasteiger partial charge on any atom is -0.481 e. The Morgan fingerprint density at radius 2 is 1.78 bits per heavy atom. The topological polar surface area (TPSA) is 38.3 Å². The first kappa shape index (κ1) is 18.9. The molecule has 4 heteroatoms. The first-order valence-electron chi connectivity index (χ1n) is 9.33. The Kier molecular flexibility index (Phi) is 6.42. The van der Waals surface area contributed by atoms with Gasteiger partial charge in [0.15, 0.2) is 6.10 Å². The van der Waals surface area contributed by atoms with E-state index < -0.39 is 6.10 Å². The lowest BCUT2D eigenvalue weighted by molar-refractivity contribution is -0.128. The van der Waals surface area contributed by atoms with Crippen LogP contribution in [0.2, 0.25) is 0 Å². The summed E-state index contributed by atoms with van der Waals surface area (Å²) in [7, 11) is 0. The highest BCUT2D eigenvalue weighted by Gasteiger charge is 2.17. The van der Waals surface area contributed by atoms with Crippen LogP contribution in [0.4, 0.5) is 4.39 Å². The minimum atomic E-state index is -0.517. The standard InChI is InChI=1S/C23H24FNO2/c1-2-22(27-21-14-11-18-7-3-4-8-19(18)16-21)23(26)25-15-5-6-17-9-12-20(24)13-10-17/h3-4,7-14,16,22H,2,5-6,15H2,1H3,(H,25,26)/t22-/m1/s1. The van der Waals surface area contributed by atoms with Crippen molar-refractivity contribution in [2.75, 3.05) is 6.54 Å². The van der Waals surface area contributed by atoms with E-state index >= 15 is 0 Å². The van der Waals surface area contributed by atoms with Gasteiger partial charge in [-0.3, -0.25) is 4.79 Å². The molecule has 0 bridgehead atoms. The van der Waals surface area contributed by atoms with Crippen molar-refractivity contribution in [1.82, 2.24) is 5.32 Å².